The van der Waals surface area contributed by atoms with Gasteiger partial charge in [0.15, 0.2) is 0 Å². The van der Waals surface area contributed by atoms with Gasteiger partial charge in [-0.25, -0.2) is 0 Å². The van der Waals surface area contributed by atoms with Gasteiger partial charge >= 0.3 is 5.97 Å². The fourth-order valence-electron chi connectivity index (χ4n) is 1.44. The van der Waals surface area contributed by atoms with Crippen LogP contribution in [-0.4, -0.2) is 23.8 Å². The molecule has 0 unspecified atom stereocenters. The van der Waals surface area contributed by atoms with Crippen LogP contribution in [0.15, 0.2) is 11.6 Å². The molecule has 1 aliphatic rings. The summed E-state index contributed by atoms with van der Waals surface area (Å²) in [5.41, 5.74) is 0.910. The Morgan fingerprint density at radius 3 is 2.92 bits per heavy atom. The number of carbonyl (C=O) groups excluding carboxylic acids is 1. The van der Waals surface area contributed by atoms with Gasteiger partial charge in [0.05, 0.1) is 18.6 Å². The van der Waals surface area contributed by atoms with Crippen LogP contribution in [0.3, 0.4) is 0 Å². The molecule has 0 aromatic rings. The summed E-state index contributed by atoms with van der Waals surface area (Å²) < 4.78 is 5.01. The van der Waals surface area contributed by atoms with Gasteiger partial charge in [0.2, 0.25) is 0 Å². The molecule has 0 saturated carbocycles. The highest BCUT2D eigenvalue weighted by Gasteiger charge is 2.30. The maximum Gasteiger partial charge on any atom is 0.309 e. The van der Waals surface area contributed by atoms with E-state index in [1.807, 2.05) is 19.9 Å². The average molecular weight is 184 g/mol. The van der Waals surface area contributed by atoms with E-state index in [-0.39, 0.29) is 24.6 Å². The van der Waals surface area contributed by atoms with Gasteiger partial charge in [-0.15, -0.1) is 0 Å². The van der Waals surface area contributed by atoms with Crippen LogP contribution in [0.5, 0.6) is 0 Å². The zero-order valence-corrected chi connectivity index (χ0v) is 8.12. The molecule has 0 amide bonds. The van der Waals surface area contributed by atoms with Crippen LogP contribution >= 0.6 is 0 Å². The van der Waals surface area contributed by atoms with Gasteiger partial charge in [-0.2, -0.15) is 0 Å². The molecular formula is C10H16O3. The standard InChI is InChI=1S/C10H16O3/c1-7(6-11)3-4-9-5-8(2)13-10(9)12/h3,8-9,11H,4-6H2,1-2H3/b7-3-/t8-,9-/m0/s1. The molecule has 0 spiro atoms. The minimum atomic E-state index is -0.102. The Morgan fingerprint density at radius 1 is 1.77 bits per heavy atom. The van der Waals surface area contributed by atoms with E-state index in [1.165, 1.54) is 0 Å². The predicted molar refractivity (Wildman–Crippen MR) is 49.1 cm³/mol. The SMILES string of the molecule is C/C(=C/C[C@H]1C[C@H](C)OC1=O)CO. The molecule has 0 radical (unpaired) electrons. The summed E-state index contributed by atoms with van der Waals surface area (Å²) in [6, 6.07) is 0. The Bertz CT molecular complexity index is 220. The number of hydrogen-bond donors (Lipinski definition) is 1. The smallest absolute Gasteiger partial charge is 0.309 e. The quantitative estimate of drug-likeness (QED) is 0.530. The average Bonchev–Trinajstić information content (AvgIpc) is 2.41. The molecule has 3 heteroatoms. The van der Waals surface area contributed by atoms with Crippen molar-refractivity contribution in [1.82, 2.24) is 0 Å². The summed E-state index contributed by atoms with van der Waals surface area (Å²) >= 11 is 0. The van der Waals surface area contributed by atoms with Crippen LogP contribution in [0.4, 0.5) is 0 Å². The number of aliphatic hydroxyl groups is 1. The first-order valence-corrected chi connectivity index (χ1v) is 4.60. The van der Waals surface area contributed by atoms with Gasteiger partial charge < -0.3 is 9.84 Å². The fraction of sp³-hybridized carbons (Fsp3) is 0.700. The van der Waals surface area contributed by atoms with Crippen molar-refractivity contribution in [3.05, 3.63) is 11.6 Å². The summed E-state index contributed by atoms with van der Waals surface area (Å²) in [7, 11) is 0. The van der Waals surface area contributed by atoms with E-state index in [2.05, 4.69) is 0 Å². The van der Waals surface area contributed by atoms with Gasteiger partial charge in [0.25, 0.3) is 0 Å². The van der Waals surface area contributed by atoms with Crippen molar-refractivity contribution in [2.24, 2.45) is 5.92 Å². The zero-order chi connectivity index (χ0) is 9.84. The van der Waals surface area contributed by atoms with E-state index in [1.54, 1.807) is 0 Å². The van der Waals surface area contributed by atoms with Crippen LogP contribution in [-0.2, 0) is 9.53 Å². The highest BCUT2D eigenvalue weighted by Crippen LogP contribution is 2.24. The molecule has 0 bridgehead atoms. The minimum Gasteiger partial charge on any atom is -0.462 e. The monoisotopic (exact) mass is 184 g/mol. The highest BCUT2D eigenvalue weighted by atomic mass is 16.5. The molecule has 1 aliphatic heterocycles. The number of allylic oxidation sites excluding steroid dienone is 1. The zero-order valence-electron chi connectivity index (χ0n) is 8.12. The van der Waals surface area contributed by atoms with Crippen LogP contribution in [0.25, 0.3) is 0 Å². The summed E-state index contributed by atoms with van der Waals surface area (Å²) in [6.45, 7) is 3.82. The molecule has 0 aromatic heterocycles. The molecule has 1 rings (SSSR count). The number of carbonyl (C=O) groups is 1. The third-order valence-electron chi connectivity index (χ3n) is 2.27. The lowest BCUT2D eigenvalue weighted by Crippen LogP contribution is -2.06. The van der Waals surface area contributed by atoms with E-state index >= 15 is 0 Å². The van der Waals surface area contributed by atoms with Crippen LogP contribution in [0, 0.1) is 5.92 Å². The fourth-order valence-corrected chi connectivity index (χ4v) is 1.44. The third-order valence-corrected chi connectivity index (χ3v) is 2.27. The summed E-state index contributed by atoms with van der Waals surface area (Å²) in [5.74, 6) is -0.106. The topological polar surface area (TPSA) is 46.5 Å². The molecule has 13 heavy (non-hydrogen) atoms. The number of rotatable bonds is 3. The molecule has 1 heterocycles. The second-order valence-corrected chi connectivity index (χ2v) is 3.62. The predicted octanol–water partition coefficient (Wildman–Crippen LogP) is 1.27. The molecule has 1 fully saturated rings. The maximum absolute atomic E-state index is 11.2. The van der Waals surface area contributed by atoms with Crippen molar-refractivity contribution in [2.75, 3.05) is 6.61 Å². The lowest BCUT2D eigenvalue weighted by Gasteiger charge is -2.00. The lowest BCUT2D eigenvalue weighted by molar-refractivity contribution is -0.143. The summed E-state index contributed by atoms with van der Waals surface area (Å²) in [6.07, 6.45) is 3.45. The summed E-state index contributed by atoms with van der Waals surface area (Å²) in [4.78, 5) is 11.2. The van der Waals surface area contributed by atoms with E-state index < -0.39 is 0 Å². The second kappa shape index (κ2) is 4.42. The van der Waals surface area contributed by atoms with E-state index in [9.17, 15) is 4.79 Å². The molecule has 0 aliphatic carbocycles. The molecule has 1 saturated heterocycles. The number of ether oxygens (including phenoxy) is 1. The first-order valence-electron chi connectivity index (χ1n) is 4.60. The number of cyclic esters (lactones) is 1. The van der Waals surface area contributed by atoms with Crippen LogP contribution in [0.2, 0.25) is 0 Å². The molecule has 3 nitrogen and oxygen atoms in total. The number of hydrogen-bond acceptors (Lipinski definition) is 3. The Morgan fingerprint density at radius 2 is 2.46 bits per heavy atom. The van der Waals surface area contributed by atoms with Gasteiger partial charge in [-0.05, 0) is 26.7 Å². The lowest BCUT2D eigenvalue weighted by atomic mass is 10.0. The first-order chi connectivity index (χ1) is 6.13. The van der Waals surface area contributed by atoms with Gasteiger partial charge in [-0.1, -0.05) is 11.6 Å². The second-order valence-electron chi connectivity index (χ2n) is 3.62. The molecule has 2 atom stereocenters. The van der Waals surface area contributed by atoms with Crippen LogP contribution in [0.1, 0.15) is 26.7 Å². The van der Waals surface area contributed by atoms with Gasteiger partial charge in [0, 0.05) is 0 Å². The van der Waals surface area contributed by atoms with Crippen LogP contribution < -0.4 is 0 Å². The van der Waals surface area contributed by atoms with Crippen molar-refractivity contribution in [2.45, 2.75) is 32.8 Å². The highest BCUT2D eigenvalue weighted by molar-refractivity contribution is 5.74. The Hall–Kier alpha value is -0.830. The van der Waals surface area contributed by atoms with E-state index in [4.69, 9.17) is 9.84 Å². The number of esters is 1. The van der Waals surface area contributed by atoms with Crippen molar-refractivity contribution >= 4 is 5.97 Å². The van der Waals surface area contributed by atoms with Gasteiger partial charge in [0.1, 0.15) is 0 Å². The first kappa shape index (κ1) is 10.3. The van der Waals surface area contributed by atoms with Crippen molar-refractivity contribution in [3.63, 3.8) is 0 Å². The largest absolute Gasteiger partial charge is 0.462 e. The van der Waals surface area contributed by atoms with Gasteiger partial charge in [-0.3, -0.25) is 4.79 Å². The third kappa shape index (κ3) is 2.84. The van der Waals surface area contributed by atoms with Crippen molar-refractivity contribution < 1.29 is 14.6 Å². The van der Waals surface area contributed by atoms with E-state index in [0.717, 1.165) is 12.0 Å². The normalized spacial score (nSPS) is 29.2. The minimum absolute atomic E-state index is 0.00324. The van der Waals surface area contributed by atoms with Crippen molar-refractivity contribution in [1.29, 1.82) is 0 Å². The van der Waals surface area contributed by atoms with E-state index in [0.29, 0.717) is 6.42 Å². The Labute approximate surface area is 78.4 Å². The van der Waals surface area contributed by atoms with Crippen molar-refractivity contribution in [3.8, 4) is 0 Å². The summed E-state index contributed by atoms with van der Waals surface area (Å²) in [5, 5.41) is 8.74. The molecule has 0 aromatic carbocycles. The molecule has 74 valence electrons. The molecular weight excluding hydrogens is 168 g/mol. The maximum atomic E-state index is 11.2. The Balaban J connectivity index is 2.42. The molecule has 1 N–H and O–H groups in total. The Kier molecular flexibility index (Phi) is 3.48. The number of aliphatic hydroxyl groups excluding tert-OH is 1.